The first-order valence-electron chi connectivity index (χ1n) is 12.1. The highest BCUT2D eigenvalue weighted by atomic mass is 32.1. The first-order valence-corrected chi connectivity index (χ1v) is 13.0. The molecule has 1 amide bonds. The molecule has 4 aromatic heterocycles. The second-order valence-electron chi connectivity index (χ2n) is 9.01. The molecule has 0 atom stereocenters. The van der Waals surface area contributed by atoms with Gasteiger partial charge in [0, 0.05) is 47.9 Å². The van der Waals surface area contributed by atoms with Crippen LogP contribution in [0.15, 0.2) is 66.4 Å². The average molecular weight is 497 g/mol. The molecule has 182 valence electrons. The lowest BCUT2D eigenvalue weighted by molar-refractivity contribution is 0.0955. The molecule has 1 N–H and O–H groups in total. The van der Waals surface area contributed by atoms with E-state index >= 15 is 0 Å². The van der Waals surface area contributed by atoms with Crippen molar-refractivity contribution < 1.29 is 4.79 Å². The number of benzene rings is 1. The second-order valence-corrected chi connectivity index (χ2v) is 9.95. The molecule has 0 unspecified atom stereocenters. The predicted octanol–water partition coefficient (Wildman–Crippen LogP) is 5.87. The molecular formula is C28H28N6OS. The van der Waals surface area contributed by atoms with Gasteiger partial charge < -0.3 is 5.32 Å². The minimum atomic E-state index is -0.114. The summed E-state index contributed by atoms with van der Waals surface area (Å²) in [5.74, 6) is -0.114. The van der Waals surface area contributed by atoms with Crippen molar-refractivity contribution >= 4 is 28.3 Å². The van der Waals surface area contributed by atoms with Crippen molar-refractivity contribution in [3.05, 3.63) is 82.6 Å². The summed E-state index contributed by atoms with van der Waals surface area (Å²) >= 11 is 1.64. The number of nitrogens with zero attached hydrogens (tertiary/aromatic N) is 5. The van der Waals surface area contributed by atoms with Crippen molar-refractivity contribution in [2.75, 3.05) is 6.54 Å². The first-order chi connectivity index (χ1) is 17.5. The fourth-order valence-corrected chi connectivity index (χ4v) is 5.05. The summed E-state index contributed by atoms with van der Waals surface area (Å²) in [7, 11) is 0. The summed E-state index contributed by atoms with van der Waals surface area (Å²) in [6, 6.07) is 14.0. The van der Waals surface area contributed by atoms with Crippen LogP contribution in [0.4, 0.5) is 0 Å². The van der Waals surface area contributed by atoms with Crippen LogP contribution in [0.5, 0.6) is 0 Å². The molecule has 1 aromatic carbocycles. The van der Waals surface area contributed by atoms with E-state index in [1.54, 1.807) is 29.9 Å². The van der Waals surface area contributed by atoms with E-state index in [9.17, 15) is 4.79 Å². The third-order valence-electron chi connectivity index (χ3n) is 6.10. The van der Waals surface area contributed by atoms with Gasteiger partial charge in [-0.15, -0.1) is 11.3 Å². The Balaban J connectivity index is 1.32. The Morgan fingerprint density at radius 1 is 1.08 bits per heavy atom. The Labute approximate surface area is 214 Å². The highest BCUT2D eigenvalue weighted by molar-refractivity contribution is 7.09. The van der Waals surface area contributed by atoms with Crippen LogP contribution in [0, 0.1) is 6.92 Å². The molecule has 0 fully saturated rings. The number of thiazole rings is 1. The number of aromatic nitrogens is 5. The van der Waals surface area contributed by atoms with Gasteiger partial charge in [0.15, 0.2) is 5.65 Å². The van der Waals surface area contributed by atoms with E-state index in [2.05, 4.69) is 47.6 Å². The number of amides is 1. The van der Waals surface area contributed by atoms with E-state index in [1.165, 1.54) is 0 Å². The normalized spacial score (nSPS) is 11.3. The number of aryl methyl sites for hydroxylation is 2. The highest BCUT2D eigenvalue weighted by Crippen LogP contribution is 2.28. The molecule has 0 aliphatic rings. The summed E-state index contributed by atoms with van der Waals surface area (Å²) in [5, 5.41) is 11.5. The Bertz CT molecular complexity index is 1510. The molecule has 5 aromatic rings. The van der Waals surface area contributed by atoms with Gasteiger partial charge in [-0.3, -0.25) is 9.78 Å². The monoisotopic (exact) mass is 496 g/mol. The summed E-state index contributed by atoms with van der Waals surface area (Å²) in [6.07, 6.45) is 6.90. The molecule has 36 heavy (non-hydrogen) atoms. The third-order valence-corrected chi connectivity index (χ3v) is 7.01. The van der Waals surface area contributed by atoms with Crippen LogP contribution in [0.1, 0.15) is 47.2 Å². The van der Waals surface area contributed by atoms with Crippen molar-refractivity contribution in [1.82, 2.24) is 30.0 Å². The van der Waals surface area contributed by atoms with Gasteiger partial charge in [0.05, 0.1) is 33.5 Å². The number of hydrogen-bond acceptors (Lipinski definition) is 6. The quantitative estimate of drug-likeness (QED) is 0.272. The maximum atomic E-state index is 13.3. The van der Waals surface area contributed by atoms with Crippen LogP contribution in [0.25, 0.3) is 33.5 Å². The van der Waals surface area contributed by atoms with Crippen LogP contribution in [0.2, 0.25) is 0 Å². The molecule has 4 heterocycles. The van der Waals surface area contributed by atoms with Gasteiger partial charge in [-0.05, 0) is 51.0 Å². The van der Waals surface area contributed by atoms with Gasteiger partial charge in [-0.1, -0.05) is 24.3 Å². The zero-order valence-corrected chi connectivity index (χ0v) is 21.4. The van der Waals surface area contributed by atoms with Gasteiger partial charge >= 0.3 is 0 Å². The lowest BCUT2D eigenvalue weighted by Gasteiger charge is -2.12. The van der Waals surface area contributed by atoms with Gasteiger partial charge in [0.25, 0.3) is 5.91 Å². The zero-order valence-electron chi connectivity index (χ0n) is 20.6. The second kappa shape index (κ2) is 10.4. The van der Waals surface area contributed by atoms with E-state index in [0.29, 0.717) is 12.1 Å². The van der Waals surface area contributed by atoms with Crippen LogP contribution in [-0.4, -0.2) is 37.2 Å². The summed E-state index contributed by atoms with van der Waals surface area (Å²) in [6.45, 7) is 6.74. The van der Waals surface area contributed by atoms with E-state index in [4.69, 9.17) is 9.97 Å². The molecule has 8 heteroatoms. The van der Waals surface area contributed by atoms with E-state index in [-0.39, 0.29) is 11.9 Å². The maximum absolute atomic E-state index is 13.3. The number of hydrogen-bond donors (Lipinski definition) is 1. The SMILES string of the molecule is Cc1ccccc1-c1cc(C(=O)NCCCc2nc(-c3ccncc3)cs2)c2cnn(C(C)C)c2n1. The number of fused-ring (bicyclic) bond motifs is 1. The van der Waals surface area contributed by atoms with Crippen LogP contribution in [0.3, 0.4) is 0 Å². The fraction of sp³-hybridized carbons (Fsp3) is 0.250. The minimum absolute atomic E-state index is 0.114. The summed E-state index contributed by atoms with van der Waals surface area (Å²) in [5.41, 5.74) is 6.25. The molecule has 0 spiro atoms. The minimum Gasteiger partial charge on any atom is -0.352 e. The van der Waals surface area contributed by atoms with Gasteiger partial charge in [-0.2, -0.15) is 5.10 Å². The predicted molar refractivity (Wildman–Crippen MR) is 144 cm³/mol. The van der Waals surface area contributed by atoms with Crippen LogP contribution < -0.4 is 5.32 Å². The van der Waals surface area contributed by atoms with Crippen molar-refractivity contribution in [2.45, 2.75) is 39.7 Å². The Hall–Kier alpha value is -3.91. The molecule has 0 aliphatic heterocycles. The van der Waals surface area contributed by atoms with Gasteiger partial charge in [0.1, 0.15) is 0 Å². The van der Waals surface area contributed by atoms with Crippen LogP contribution in [-0.2, 0) is 6.42 Å². The fourth-order valence-electron chi connectivity index (χ4n) is 4.20. The lowest BCUT2D eigenvalue weighted by Crippen LogP contribution is -2.25. The number of carbonyl (C=O) groups is 1. The number of nitrogens with one attached hydrogen (secondary N) is 1. The topological polar surface area (TPSA) is 85.6 Å². The molecule has 0 saturated carbocycles. The number of carbonyl (C=O) groups excluding carboxylic acids is 1. The number of pyridine rings is 2. The summed E-state index contributed by atoms with van der Waals surface area (Å²) in [4.78, 5) is 27.0. The molecular weight excluding hydrogens is 468 g/mol. The van der Waals surface area contributed by atoms with Gasteiger partial charge in [-0.25, -0.2) is 14.6 Å². The third kappa shape index (κ3) is 4.90. The average Bonchev–Trinajstić information content (AvgIpc) is 3.54. The van der Waals surface area contributed by atoms with E-state index in [0.717, 1.165) is 57.0 Å². The van der Waals surface area contributed by atoms with Crippen molar-refractivity contribution in [3.63, 3.8) is 0 Å². The van der Waals surface area contributed by atoms with Crippen molar-refractivity contribution in [2.24, 2.45) is 0 Å². The lowest BCUT2D eigenvalue weighted by atomic mass is 10.0. The molecule has 0 saturated heterocycles. The standard InChI is InChI=1S/C28H28N6OS/c1-18(2)34-27-23(16-31-34)22(15-24(33-27)21-8-5-4-7-19(21)3)28(35)30-12-6-9-26-32-25(17-36-26)20-10-13-29-14-11-20/h4-5,7-8,10-11,13-18H,6,9,12H2,1-3H3,(H,30,35). The van der Waals surface area contributed by atoms with Crippen molar-refractivity contribution in [3.8, 4) is 22.5 Å². The Morgan fingerprint density at radius 2 is 1.89 bits per heavy atom. The maximum Gasteiger partial charge on any atom is 0.252 e. The number of rotatable bonds is 8. The van der Waals surface area contributed by atoms with E-state index < -0.39 is 0 Å². The molecule has 0 radical (unpaired) electrons. The molecule has 0 aliphatic carbocycles. The summed E-state index contributed by atoms with van der Waals surface area (Å²) < 4.78 is 1.87. The van der Waals surface area contributed by atoms with E-state index in [1.807, 2.05) is 41.1 Å². The smallest absolute Gasteiger partial charge is 0.252 e. The Morgan fingerprint density at radius 3 is 2.67 bits per heavy atom. The Kier molecular flexibility index (Phi) is 6.86. The molecule has 7 nitrogen and oxygen atoms in total. The molecule has 5 rings (SSSR count). The first kappa shape index (κ1) is 23.8. The van der Waals surface area contributed by atoms with Crippen LogP contribution >= 0.6 is 11.3 Å². The van der Waals surface area contributed by atoms with Gasteiger partial charge in [0.2, 0.25) is 0 Å². The molecule has 0 bridgehead atoms. The van der Waals surface area contributed by atoms with Crippen molar-refractivity contribution in [1.29, 1.82) is 0 Å². The highest BCUT2D eigenvalue weighted by Gasteiger charge is 2.19. The zero-order chi connectivity index (χ0) is 25.1. The largest absolute Gasteiger partial charge is 0.352 e.